The molecule has 0 radical (unpaired) electrons. The standard InChI is InChI=1S/C29H25F2N9O/c1-16(19-8-9-23(30)24(31)11-19)36-29(41)25-27(35-15-21(12-32)37-25)33-13-17-4-6-18(7-5-17)20-10-22-26(34-14-20)38-39-28(22)40(2)3/h4-11,14-16H,13H2,1-3H3,(H,33,35)(H,36,41)(H,34,38,39)/t16-/m0/s1. The highest BCUT2D eigenvalue weighted by Gasteiger charge is 2.20. The Morgan fingerprint density at radius 1 is 1.05 bits per heavy atom. The van der Waals surface area contributed by atoms with Gasteiger partial charge < -0.3 is 15.5 Å². The number of pyridine rings is 1. The molecule has 0 aliphatic carbocycles. The zero-order valence-corrected chi connectivity index (χ0v) is 22.4. The first kappa shape index (κ1) is 27.1. The summed E-state index contributed by atoms with van der Waals surface area (Å²) >= 11 is 0. The Bertz CT molecular complexity index is 1780. The number of benzene rings is 2. The van der Waals surface area contributed by atoms with Crippen LogP contribution in [-0.4, -0.2) is 45.2 Å². The number of aromatic nitrogens is 5. The van der Waals surface area contributed by atoms with Gasteiger partial charge in [0.1, 0.15) is 6.07 Å². The Kier molecular flexibility index (Phi) is 7.51. The van der Waals surface area contributed by atoms with Crippen molar-refractivity contribution in [2.75, 3.05) is 24.3 Å². The Labute approximate surface area is 234 Å². The van der Waals surface area contributed by atoms with Crippen LogP contribution in [0.5, 0.6) is 0 Å². The van der Waals surface area contributed by atoms with E-state index in [1.807, 2.05) is 55.4 Å². The third-order valence-corrected chi connectivity index (χ3v) is 6.46. The second-order valence-corrected chi connectivity index (χ2v) is 9.55. The molecule has 3 aromatic heterocycles. The molecule has 5 rings (SSSR count). The normalized spacial score (nSPS) is 11.6. The number of nitrogens with zero attached hydrogens (tertiary/aromatic N) is 6. The van der Waals surface area contributed by atoms with Crippen LogP contribution >= 0.6 is 0 Å². The van der Waals surface area contributed by atoms with E-state index in [-0.39, 0.29) is 17.2 Å². The number of hydrogen-bond acceptors (Lipinski definition) is 8. The summed E-state index contributed by atoms with van der Waals surface area (Å²) in [5.41, 5.74) is 3.77. The van der Waals surface area contributed by atoms with Gasteiger partial charge in [0.2, 0.25) is 0 Å². The predicted molar refractivity (Wildman–Crippen MR) is 150 cm³/mol. The molecule has 0 fully saturated rings. The molecule has 5 aromatic rings. The Balaban J connectivity index is 1.31. The lowest BCUT2D eigenvalue weighted by molar-refractivity contribution is 0.0935. The van der Waals surface area contributed by atoms with E-state index in [9.17, 15) is 18.8 Å². The molecule has 1 atom stereocenters. The van der Waals surface area contributed by atoms with Crippen LogP contribution in [0.1, 0.15) is 40.3 Å². The first-order valence-electron chi connectivity index (χ1n) is 12.6. The fourth-order valence-corrected chi connectivity index (χ4v) is 4.25. The number of carbonyl (C=O) groups is 1. The lowest BCUT2D eigenvalue weighted by atomic mass is 10.0. The number of anilines is 2. The highest BCUT2D eigenvalue weighted by Crippen LogP contribution is 2.27. The van der Waals surface area contributed by atoms with E-state index >= 15 is 0 Å². The summed E-state index contributed by atoms with van der Waals surface area (Å²) in [6, 6.07) is 14.5. The number of halogens is 2. The topological polar surface area (TPSA) is 136 Å². The Hall–Kier alpha value is -5.44. The van der Waals surface area contributed by atoms with Gasteiger partial charge in [0.05, 0.1) is 17.6 Å². The van der Waals surface area contributed by atoms with E-state index in [2.05, 4.69) is 35.8 Å². The number of rotatable bonds is 8. The van der Waals surface area contributed by atoms with Crippen LogP contribution in [0.3, 0.4) is 0 Å². The summed E-state index contributed by atoms with van der Waals surface area (Å²) in [6.45, 7) is 1.95. The number of nitriles is 1. The van der Waals surface area contributed by atoms with Crippen LogP contribution < -0.4 is 15.5 Å². The number of H-pyrrole nitrogens is 1. The van der Waals surface area contributed by atoms with Crippen molar-refractivity contribution < 1.29 is 13.6 Å². The molecule has 0 spiro atoms. The molecule has 206 valence electrons. The molecule has 0 aliphatic rings. The van der Waals surface area contributed by atoms with Gasteiger partial charge in [-0.2, -0.15) is 10.4 Å². The highest BCUT2D eigenvalue weighted by atomic mass is 19.2. The lowest BCUT2D eigenvalue weighted by Crippen LogP contribution is -2.29. The maximum absolute atomic E-state index is 13.7. The molecule has 1 amide bonds. The lowest BCUT2D eigenvalue weighted by Gasteiger charge is -2.16. The van der Waals surface area contributed by atoms with Gasteiger partial charge in [-0.05, 0) is 41.8 Å². The van der Waals surface area contributed by atoms with Crippen molar-refractivity contribution in [1.29, 1.82) is 5.26 Å². The fraction of sp³-hybridized carbons (Fsp3) is 0.172. The van der Waals surface area contributed by atoms with Crippen molar-refractivity contribution in [2.24, 2.45) is 0 Å². The van der Waals surface area contributed by atoms with E-state index in [1.165, 1.54) is 12.3 Å². The number of fused-ring (bicyclic) bond motifs is 1. The van der Waals surface area contributed by atoms with Crippen molar-refractivity contribution >= 4 is 28.6 Å². The van der Waals surface area contributed by atoms with Gasteiger partial charge in [-0.3, -0.25) is 9.89 Å². The van der Waals surface area contributed by atoms with E-state index in [4.69, 9.17) is 0 Å². The molecule has 10 nitrogen and oxygen atoms in total. The van der Waals surface area contributed by atoms with E-state index in [1.54, 1.807) is 13.1 Å². The van der Waals surface area contributed by atoms with Gasteiger partial charge in [0, 0.05) is 32.4 Å². The second-order valence-electron chi connectivity index (χ2n) is 9.55. The quantitative estimate of drug-likeness (QED) is 0.251. The molecule has 2 aromatic carbocycles. The monoisotopic (exact) mass is 553 g/mol. The Morgan fingerprint density at radius 2 is 1.83 bits per heavy atom. The average molecular weight is 554 g/mol. The molecule has 3 heterocycles. The molecule has 0 saturated heterocycles. The molecule has 12 heteroatoms. The average Bonchev–Trinajstić information content (AvgIpc) is 3.41. The predicted octanol–water partition coefficient (Wildman–Crippen LogP) is 4.73. The summed E-state index contributed by atoms with van der Waals surface area (Å²) in [7, 11) is 3.84. The third kappa shape index (κ3) is 5.79. The van der Waals surface area contributed by atoms with Gasteiger partial charge in [-0.15, -0.1) is 0 Å². The van der Waals surface area contributed by atoms with Crippen LogP contribution in [0.25, 0.3) is 22.2 Å². The number of hydrogen-bond donors (Lipinski definition) is 3. The minimum absolute atomic E-state index is 0.0360. The first-order chi connectivity index (χ1) is 19.7. The number of carbonyl (C=O) groups excluding carboxylic acids is 1. The van der Waals surface area contributed by atoms with Crippen LogP contribution in [0, 0.1) is 23.0 Å². The molecule has 0 unspecified atom stereocenters. The van der Waals surface area contributed by atoms with Crippen molar-refractivity contribution in [1.82, 2.24) is 30.5 Å². The molecule has 0 bridgehead atoms. The van der Waals surface area contributed by atoms with Crippen molar-refractivity contribution in [3.8, 4) is 17.2 Å². The summed E-state index contributed by atoms with van der Waals surface area (Å²) in [5.74, 6) is -1.64. The summed E-state index contributed by atoms with van der Waals surface area (Å²) in [5, 5.41) is 23.2. The molecule has 0 aliphatic heterocycles. The maximum Gasteiger partial charge on any atom is 0.274 e. The van der Waals surface area contributed by atoms with E-state index in [0.717, 1.165) is 40.0 Å². The van der Waals surface area contributed by atoms with Gasteiger partial charge in [-0.25, -0.2) is 23.7 Å². The van der Waals surface area contributed by atoms with Crippen molar-refractivity contribution in [3.05, 3.63) is 95.1 Å². The zero-order chi connectivity index (χ0) is 29.1. The third-order valence-electron chi connectivity index (χ3n) is 6.46. The SMILES string of the molecule is C[C@H](NC(=O)c1nc(C#N)cnc1NCc1ccc(-c2cnc3[nH]nc(N(C)C)c3c2)cc1)c1ccc(F)c(F)c1. The summed E-state index contributed by atoms with van der Waals surface area (Å²) < 4.78 is 27.0. The minimum atomic E-state index is -1.01. The fourth-order valence-electron chi connectivity index (χ4n) is 4.25. The summed E-state index contributed by atoms with van der Waals surface area (Å²) in [6.07, 6.45) is 3.05. The largest absolute Gasteiger partial charge is 0.364 e. The second kappa shape index (κ2) is 11.4. The Morgan fingerprint density at radius 3 is 2.54 bits per heavy atom. The van der Waals surface area contributed by atoms with E-state index < -0.39 is 23.6 Å². The van der Waals surface area contributed by atoms with Gasteiger partial charge >= 0.3 is 0 Å². The first-order valence-corrected chi connectivity index (χ1v) is 12.6. The number of nitrogens with one attached hydrogen (secondary N) is 3. The minimum Gasteiger partial charge on any atom is -0.364 e. The zero-order valence-electron chi connectivity index (χ0n) is 22.4. The van der Waals surface area contributed by atoms with Crippen LogP contribution in [-0.2, 0) is 6.54 Å². The maximum atomic E-state index is 13.7. The molecule has 0 saturated carbocycles. The number of aromatic amines is 1. The van der Waals surface area contributed by atoms with Crippen LogP contribution in [0.15, 0.2) is 60.9 Å². The highest BCUT2D eigenvalue weighted by molar-refractivity contribution is 5.97. The van der Waals surface area contributed by atoms with Crippen LogP contribution in [0.2, 0.25) is 0 Å². The van der Waals surface area contributed by atoms with Gasteiger partial charge in [0.25, 0.3) is 5.91 Å². The van der Waals surface area contributed by atoms with Crippen LogP contribution in [0.4, 0.5) is 20.4 Å². The number of amides is 1. The van der Waals surface area contributed by atoms with Gasteiger partial charge in [0.15, 0.2) is 40.3 Å². The van der Waals surface area contributed by atoms with E-state index in [0.29, 0.717) is 17.8 Å². The smallest absolute Gasteiger partial charge is 0.274 e. The molecular formula is C29H25F2N9O. The molecule has 41 heavy (non-hydrogen) atoms. The van der Waals surface area contributed by atoms with Crippen molar-refractivity contribution in [3.63, 3.8) is 0 Å². The van der Waals surface area contributed by atoms with Crippen molar-refractivity contribution in [2.45, 2.75) is 19.5 Å². The molecular weight excluding hydrogens is 528 g/mol. The molecule has 3 N–H and O–H groups in total. The van der Waals surface area contributed by atoms with Gasteiger partial charge in [-0.1, -0.05) is 30.3 Å². The summed E-state index contributed by atoms with van der Waals surface area (Å²) in [4.78, 5) is 27.8.